The fraction of sp³-hybridized carbons (Fsp3) is 0.118. The van der Waals surface area contributed by atoms with Gasteiger partial charge in [-0.05, 0) is 18.2 Å². The lowest BCUT2D eigenvalue weighted by molar-refractivity contribution is -0.117. The topological polar surface area (TPSA) is 101 Å². The molecule has 26 heavy (non-hydrogen) atoms. The van der Waals surface area contributed by atoms with Crippen LogP contribution in [0.3, 0.4) is 0 Å². The maximum Gasteiger partial charge on any atom is 0.269 e. The molecule has 9 heteroatoms. The molecule has 7 nitrogen and oxygen atoms in total. The molecule has 1 aliphatic rings. The van der Waals surface area contributed by atoms with E-state index in [0.29, 0.717) is 16.5 Å². The number of thiazole rings is 1. The van der Waals surface area contributed by atoms with Gasteiger partial charge < -0.3 is 10.6 Å². The third-order valence-corrected chi connectivity index (χ3v) is 4.15. The van der Waals surface area contributed by atoms with Crippen LogP contribution in [0.1, 0.15) is 5.69 Å². The van der Waals surface area contributed by atoms with E-state index < -0.39 is 17.6 Å². The lowest BCUT2D eigenvalue weighted by Gasteiger charge is -2.08. The molecule has 132 valence electrons. The molecule has 2 aromatic rings. The highest BCUT2D eigenvalue weighted by atomic mass is 32.1. The first-order valence-electron chi connectivity index (χ1n) is 7.56. The van der Waals surface area contributed by atoms with E-state index in [-0.39, 0.29) is 18.2 Å². The van der Waals surface area contributed by atoms with Gasteiger partial charge in [0.25, 0.3) is 5.91 Å². The molecule has 1 atom stereocenters. The van der Waals surface area contributed by atoms with Crippen molar-refractivity contribution in [2.45, 2.75) is 6.42 Å². The molecule has 0 saturated heterocycles. The van der Waals surface area contributed by atoms with Crippen molar-refractivity contribution >= 4 is 46.1 Å². The molecule has 3 rings (SSSR count). The maximum atomic E-state index is 13.1. The van der Waals surface area contributed by atoms with Crippen molar-refractivity contribution in [1.82, 2.24) is 4.98 Å². The summed E-state index contributed by atoms with van der Waals surface area (Å²) in [5.41, 5.74) is 0.832. The van der Waals surface area contributed by atoms with Crippen molar-refractivity contribution in [3.63, 3.8) is 0 Å². The van der Waals surface area contributed by atoms with Crippen molar-refractivity contribution in [1.29, 1.82) is 0 Å². The predicted octanol–water partition coefficient (Wildman–Crippen LogP) is 2.19. The van der Waals surface area contributed by atoms with E-state index in [1.807, 2.05) is 0 Å². The van der Waals surface area contributed by atoms with E-state index in [2.05, 4.69) is 20.6 Å². The zero-order valence-corrected chi connectivity index (χ0v) is 14.1. The zero-order chi connectivity index (χ0) is 18.5. The van der Waals surface area contributed by atoms with Gasteiger partial charge in [-0.25, -0.2) is 14.4 Å². The van der Waals surface area contributed by atoms with Crippen molar-refractivity contribution in [2.75, 3.05) is 10.6 Å². The van der Waals surface area contributed by atoms with Crippen LogP contribution >= 0.6 is 11.3 Å². The summed E-state index contributed by atoms with van der Waals surface area (Å²) in [4.78, 5) is 42.7. The van der Waals surface area contributed by atoms with Crippen molar-refractivity contribution < 1.29 is 18.8 Å². The number of nitrogens with one attached hydrogen (secondary N) is 2. The number of nitrogens with zero attached hydrogens (tertiary/aromatic N) is 2. The molecule has 3 amide bonds. The molecular formula is C17H13FN4O3S. The minimum absolute atomic E-state index is 0.0117. The molecule has 0 saturated carbocycles. The smallest absolute Gasteiger partial charge is 0.269 e. The first-order chi connectivity index (χ1) is 12.5. The van der Waals surface area contributed by atoms with Crippen LogP contribution in [0.4, 0.5) is 15.2 Å². The van der Waals surface area contributed by atoms with E-state index in [9.17, 15) is 18.8 Å². The predicted molar refractivity (Wildman–Crippen MR) is 95.6 cm³/mol. The van der Waals surface area contributed by atoms with Crippen LogP contribution in [0, 0.1) is 11.7 Å². The Bertz CT molecular complexity index is 906. The highest BCUT2D eigenvalue weighted by Crippen LogP contribution is 2.18. The summed E-state index contributed by atoms with van der Waals surface area (Å²) in [7, 11) is 0. The third-order valence-electron chi connectivity index (χ3n) is 3.34. The largest absolute Gasteiger partial charge is 0.326 e. The Balaban J connectivity index is 1.55. The average Bonchev–Trinajstić information content (AvgIpc) is 3.02. The highest BCUT2D eigenvalue weighted by Gasteiger charge is 2.18. The maximum absolute atomic E-state index is 13.1. The second-order valence-corrected chi connectivity index (χ2v) is 6.23. The Morgan fingerprint density at radius 3 is 2.85 bits per heavy atom. The molecule has 0 spiro atoms. The van der Waals surface area contributed by atoms with Crippen LogP contribution in [-0.4, -0.2) is 28.9 Å². The van der Waals surface area contributed by atoms with Crippen LogP contribution in [0.25, 0.3) is 0 Å². The van der Waals surface area contributed by atoms with E-state index in [1.165, 1.54) is 47.9 Å². The van der Waals surface area contributed by atoms with Gasteiger partial charge in [-0.3, -0.25) is 14.4 Å². The Labute approximate surface area is 151 Å². The van der Waals surface area contributed by atoms with E-state index >= 15 is 0 Å². The number of carbonyl (C=O) groups excluding carboxylic acids is 3. The fourth-order valence-electron chi connectivity index (χ4n) is 2.16. The SMILES string of the molecule is O=C1C=CC(C(=O)Nc2nc(CC(=O)Nc3cccc(F)c3)cs2)C=N1. The summed E-state index contributed by atoms with van der Waals surface area (Å²) in [6, 6.07) is 5.58. The van der Waals surface area contributed by atoms with Gasteiger partial charge in [-0.15, -0.1) is 11.3 Å². The number of benzene rings is 1. The first-order valence-corrected chi connectivity index (χ1v) is 8.44. The minimum Gasteiger partial charge on any atom is -0.326 e. The summed E-state index contributed by atoms with van der Waals surface area (Å²) >= 11 is 1.17. The quantitative estimate of drug-likeness (QED) is 0.840. The van der Waals surface area contributed by atoms with Gasteiger partial charge in [0.1, 0.15) is 5.82 Å². The molecule has 0 bridgehead atoms. The van der Waals surface area contributed by atoms with E-state index in [4.69, 9.17) is 0 Å². The summed E-state index contributed by atoms with van der Waals surface area (Å²) < 4.78 is 13.1. The summed E-state index contributed by atoms with van der Waals surface area (Å²) in [6.45, 7) is 0. The molecular weight excluding hydrogens is 359 g/mol. The fourth-order valence-corrected chi connectivity index (χ4v) is 2.87. The standard InChI is InChI=1S/C17H13FN4O3S/c18-11-2-1-3-12(6-11)20-15(24)7-13-9-26-17(21-13)22-16(25)10-4-5-14(23)19-8-10/h1-6,8-10H,7H2,(H,20,24)(H,21,22,25). The third kappa shape index (κ3) is 4.67. The number of carbonyl (C=O) groups is 3. The van der Waals surface area contributed by atoms with Crippen LogP contribution < -0.4 is 10.6 Å². The number of amides is 3. The molecule has 0 radical (unpaired) electrons. The Morgan fingerprint density at radius 2 is 2.12 bits per heavy atom. The number of aliphatic imine (C=N–C) groups is 1. The van der Waals surface area contributed by atoms with Gasteiger partial charge in [-0.2, -0.15) is 0 Å². The zero-order valence-electron chi connectivity index (χ0n) is 13.3. The van der Waals surface area contributed by atoms with Gasteiger partial charge in [0.15, 0.2) is 5.13 Å². The summed E-state index contributed by atoms with van der Waals surface area (Å²) in [6.07, 6.45) is 3.93. The molecule has 2 heterocycles. The minimum atomic E-state index is -0.642. The van der Waals surface area contributed by atoms with Crippen molar-refractivity contribution in [2.24, 2.45) is 10.9 Å². The van der Waals surface area contributed by atoms with Crippen molar-refractivity contribution in [3.05, 3.63) is 53.3 Å². The molecule has 1 aromatic carbocycles. The Kier molecular flexibility index (Phi) is 5.28. The lowest BCUT2D eigenvalue weighted by atomic mass is 10.1. The first kappa shape index (κ1) is 17.6. The highest BCUT2D eigenvalue weighted by molar-refractivity contribution is 7.14. The van der Waals surface area contributed by atoms with E-state index in [0.717, 1.165) is 0 Å². The van der Waals surface area contributed by atoms with Crippen LogP contribution in [0.5, 0.6) is 0 Å². The number of aromatic nitrogens is 1. The van der Waals surface area contributed by atoms with Gasteiger partial charge in [0.2, 0.25) is 11.8 Å². The molecule has 0 fully saturated rings. The number of hydrogen-bond acceptors (Lipinski definition) is 5. The Hall–Kier alpha value is -3.20. The van der Waals surface area contributed by atoms with Gasteiger partial charge >= 0.3 is 0 Å². The van der Waals surface area contributed by atoms with Gasteiger partial charge in [-0.1, -0.05) is 12.1 Å². The lowest BCUT2D eigenvalue weighted by Crippen LogP contribution is -2.24. The van der Waals surface area contributed by atoms with Gasteiger partial charge in [0, 0.05) is 23.4 Å². The molecule has 1 aromatic heterocycles. The number of anilines is 2. The van der Waals surface area contributed by atoms with Crippen LogP contribution in [0.2, 0.25) is 0 Å². The summed E-state index contributed by atoms with van der Waals surface area (Å²) in [5, 5.41) is 7.17. The Morgan fingerprint density at radius 1 is 1.27 bits per heavy atom. The van der Waals surface area contributed by atoms with Crippen LogP contribution in [0.15, 0.2) is 46.8 Å². The molecule has 0 aliphatic carbocycles. The molecule has 2 N–H and O–H groups in total. The number of hydrogen-bond donors (Lipinski definition) is 2. The second kappa shape index (κ2) is 7.79. The number of halogens is 1. The van der Waals surface area contributed by atoms with Gasteiger partial charge in [0.05, 0.1) is 18.0 Å². The van der Waals surface area contributed by atoms with E-state index in [1.54, 1.807) is 11.4 Å². The normalized spacial score (nSPS) is 15.7. The number of rotatable bonds is 5. The molecule has 1 aliphatic heterocycles. The molecule has 1 unspecified atom stereocenters. The van der Waals surface area contributed by atoms with Crippen LogP contribution in [-0.2, 0) is 20.8 Å². The average molecular weight is 372 g/mol. The summed E-state index contributed by atoms with van der Waals surface area (Å²) in [5.74, 6) is -2.21. The van der Waals surface area contributed by atoms with Crippen molar-refractivity contribution in [3.8, 4) is 0 Å². The second-order valence-electron chi connectivity index (χ2n) is 5.37. The monoisotopic (exact) mass is 372 g/mol. The number of dihydropyridines is 1.